The first-order chi connectivity index (χ1) is 9.33. The van der Waals surface area contributed by atoms with Gasteiger partial charge < -0.3 is 5.73 Å². The van der Waals surface area contributed by atoms with E-state index >= 15 is 0 Å². The van der Waals surface area contributed by atoms with Crippen molar-refractivity contribution in [2.45, 2.75) is 25.7 Å². The lowest BCUT2D eigenvalue weighted by Gasteiger charge is -2.12. The molecular formula is C13H13N5S. The van der Waals surface area contributed by atoms with Gasteiger partial charge in [-0.1, -0.05) is 0 Å². The molecule has 4 rings (SSSR count). The van der Waals surface area contributed by atoms with Crippen molar-refractivity contribution >= 4 is 27.5 Å². The number of hydrogen-bond acceptors (Lipinski definition) is 5. The standard InChI is InChI=1S/C13H13N5S/c14-13-16-11(18-6-5-15-7-18)10-8-3-1-2-4-9(8)19-12(10)17-13/h5-7H,1-4H2,(H2,14,16,17). The third kappa shape index (κ3) is 1.63. The van der Waals surface area contributed by atoms with E-state index in [2.05, 4.69) is 15.0 Å². The highest BCUT2D eigenvalue weighted by atomic mass is 32.1. The van der Waals surface area contributed by atoms with Crippen LogP contribution in [-0.4, -0.2) is 19.5 Å². The highest BCUT2D eigenvalue weighted by Gasteiger charge is 2.21. The SMILES string of the molecule is Nc1nc(-n2ccnc2)c2c3c(sc2n1)CCCC3. The summed E-state index contributed by atoms with van der Waals surface area (Å²) < 4.78 is 1.92. The van der Waals surface area contributed by atoms with Gasteiger partial charge >= 0.3 is 0 Å². The van der Waals surface area contributed by atoms with Crippen molar-refractivity contribution in [3.63, 3.8) is 0 Å². The zero-order valence-electron chi connectivity index (χ0n) is 10.3. The average Bonchev–Trinajstić information content (AvgIpc) is 3.04. The van der Waals surface area contributed by atoms with E-state index in [-0.39, 0.29) is 0 Å². The van der Waals surface area contributed by atoms with E-state index in [9.17, 15) is 0 Å². The zero-order chi connectivity index (χ0) is 12.8. The number of aryl methyl sites for hydroxylation is 2. The lowest BCUT2D eigenvalue weighted by atomic mass is 9.97. The Kier molecular flexibility index (Phi) is 2.32. The Labute approximate surface area is 114 Å². The second kappa shape index (κ2) is 4.03. The molecule has 0 atom stereocenters. The van der Waals surface area contributed by atoms with Crippen LogP contribution in [0.5, 0.6) is 0 Å². The fourth-order valence-corrected chi connectivity index (χ4v) is 3.99. The van der Waals surface area contributed by atoms with Crippen molar-refractivity contribution in [2.75, 3.05) is 5.73 Å². The van der Waals surface area contributed by atoms with E-state index in [4.69, 9.17) is 5.73 Å². The molecule has 0 aliphatic heterocycles. The molecular weight excluding hydrogens is 258 g/mol. The molecule has 1 aliphatic rings. The van der Waals surface area contributed by atoms with E-state index < -0.39 is 0 Å². The molecule has 96 valence electrons. The summed E-state index contributed by atoms with van der Waals surface area (Å²) in [4.78, 5) is 15.4. The number of nitrogens with zero attached hydrogens (tertiary/aromatic N) is 4. The number of fused-ring (bicyclic) bond motifs is 3. The van der Waals surface area contributed by atoms with Crippen LogP contribution in [0.3, 0.4) is 0 Å². The van der Waals surface area contributed by atoms with Gasteiger partial charge in [0.1, 0.15) is 11.2 Å². The molecule has 6 heteroatoms. The van der Waals surface area contributed by atoms with Crippen molar-refractivity contribution in [3.05, 3.63) is 29.2 Å². The van der Waals surface area contributed by atoms with Gasteiger partial charge in [-0.15, -0.1) is 11.3 Å². The number of nitrogens with two attached hydrogens (primary N) is 1. The summed E-state index contributed by atoms with van der Waals surface area (Å²) in [7, 11) is 0. The van der Waals surface area contributed by atoms with Gasteiger partial charge in [-0.25, -0.2) is 9.97 Å². The van der Waals surface area contributed by atoms with Crippen LogP contribution in [0.15, 0.2) is 18.7 Å². The van der Waals surface area contributed by atoms with Crippen molar-refractivity contribution < 1.29 is 0 Å². The maximum atomic E-state index is 5.84. The third-order valence-electron chi connectivity index (χ3n) is 3.56. The zero-order valence-corrected chi connectivity index (χ0v) is 11.2. The van der Waals surface area contributed by atoms with Crippen molar-refractivity contribution in [3.8, 4) is 5.82 Å². The minimum atomic E-state index is 0.329. The maximum absolute atomic E-state index is 5.84. The van der Waals surface area contributed by atoms with Crippen molar-refractivity contribution in [1.82, 2.24) is 19.5 Å². The Morgan fingerprint density at radius 1 is 1.21 bits per heavy atom. The van der Waals surface area contributed by atoms with E-state index in [0.717, 1.165) is 28.9 Å². The number of rotatable bonds is 1. The molecule has 0 unspecified atom stereocenters. The number of anilines is 1. The quantitative estimate of drug-likeness (QED) is 0.737. The summed E-state index contributed by atoms with van der Waals surface area (Å²) in [6.07, 6.45) is 10.2. The summed E-state index contributed by atoms with van der Waals surface area (Å²) in [5.74, 6) is 1.19. The molecule has 3 aromatic rings. The molecule has 0 aromatic carbocycles. The first-order valence-electron chi connectivity index (χ1n) is 6.39. The van der Waals surface area contributed by atoms with Crippen LogP contribution < -0.4 is 5.73 Å². The smallest absolute Gasteiger partial charge is 0.223 e. The molecule has 0 amide bonds. The molecule has 3 aromatic heterocycles. The third-order valence-corrected chi connectivity index (χ3v) is 4.75. The number of hydrogen-bond donors (Lipinski definition) is 1. The molecule has 0 bridgehead atoms. The van der Waals surface area contributed by atoms with Gasteiger partial charge in [0, 0.05) is 17.3 Å². The second-order valence-corrected chi connectivity index (χ2v) is 5.85. The number of imidazole rings is 1. The van der Waals surface area contributed by atoms with Crippen LogP contribution in [0.25, 0.3) is 16.0 Å². The number of thiophene rings is 1. The summed E-state index contributed by atoms with van der Waals surface area (Å²) in [6.45, 7) is 0. The predicted octanol–water partition coefficient (Wildman–Crippen LogP) is 2.34. The Morgan fingerprint density at radius 3 is 2.95 bits per heavy atom. The molecule has 0 radical (unpaired) electrons. The minimum Gasteiger partial charge on any atom is -0.368 e. The molecule has 0 fully saturated rings. The molecule has 0 spiro atoms. The lowest BCUT2D eigenvalue weighted by Crippen LogP contribution is -2.04. The summed E-state index contributed by atoms with van der Waals surface area (Å²) in [5.41, 5.74) is 7.25. The van der Waals surface area contributed by atoms with E-state index in [1.165, 1.54) is 23.3 Å². The highest BCUT2D eigenvalue weighted by molar-refractivity contribution is 7.18. The minimum absolute atomic E-state index is 0.329. The van der Waals surface area contributed by atoms with Crippen molar-refractivity contribution in [2.24, 2.45) is 0 Å². The first-order valence-corrected chi connectivity index (χ1v) is 7.20. The normalized spacial score (nSPS) is 14.7. The van der Waals surface area contributed by atoms with Crippen LogP contribution >= 0.6 is 11.3 Å². The molecule has 1 aliphatic carbocycles. The molecule has 3 heterocycles. The van der Waals surface area contributed by atoms with Gasteiger partial charge in [0.25, 0.3) is 0 Å². The molecule has 0 saturated heterocycles. The summed E-state index contributed by atoms with van der Waals surface area (Å²) in [6, 6.07) is 0. The molecule has 0 saturated carbocycles. The summed E-state index contributed by atoms with van der Waals surface area (Å²) >= 11 is 1.76. The van der Waals surface area contributed by atoms with E-state index in [1.807, 2.05) is 10.8 Å². The lowest BCUT2D eigenvalue weighted by molar-refractivity contribution is 0.700. The average molecular weight is 271 g/mol. The van der Waals surface area contributed by atoms with Gasteiger partial charge in [0.15, 0.2) is 5.82 Å². The fourth-order valence-electron chi connectivity index (χ4n) is 2.73. The van der Waals surface area contributed by atoms with Gasteiger partial charge in [-0.05, 0) is 31.2 Å². The highest BCUT2D eigenvalue weighted by Crippen LogP contribution is 2.38. The van der Waals surface area contributed by atoms with E-state index in [1.54, 1.807) is 23.9 Å². The Balaban J connectivity index is 2.08. The fraction of sp³-hybridized carbons (Fsp3) is 0.308. The monoisotopic (exact) mass is 271 g/mol. The second-order valence-electron chi connectivity index (χ2n) is 4.77. The Bertz CT molecular complexity index is 744. The van der Waals surface area contributed by atoms with Crippen LogP contribution in [-0.2, 0) is 12.8 Å². The number of nitrogen functional groups attached to an aromatic ring is 1. The predicted molar refractivity (Wildman–Crippen MR) is 75.6 cm³/mol. The van der Waals surface area contributed by atoms with Crippen LogP contribution in [0.4, 0.5) is 5.95 Å². The molecule has 19 heavy (non-hydrogen) atoms. The number of aromatic nitrogens is 4. The van der Waals surface area contributed by atoms with Gasteiger partial charge in [0.2, 0.25) is 5.95 Å². The van der Waals surface area contributed by atoms with Gasteiger partial charge in [-0.2, -0.15) is 4.98 Å². The molecule has 5 nitrogen and oxygen atoms in total. The van der Waals surface area contributed by atoms with Crippen LogP contribution in [0, 0.1) is 0 Å². The van der Waals surface area contributed by atoms with Crippen LogP contribution in [0.1, 0.15) is 23.3 Å². The summed E-state index contributed by atoms with van der Waals surface area (Å²) in [5, 5.41) is 1.16. The topological polar surface area (TPSA) is 69.6 Å². The largest absolute Gasteiger partial charge is 0.368 e. The first kappa shape index (κ1) is 10.9. The van der Waals surface area contributed by atoms with Gasteiger partial charge in [-0.3, -0.25) is 4.57 Å². The van der Waals surface area contributed by atoms with Crippen LogP contribution in [0.2, 0.25) is 0 Å². The van der Waals surface area contributed by atoms with Crippen molar-refractivity contribution in [1.29, 1.82) is 0 Å². The van der Waals surface area contributed by atoms with Gasteiger partial charge in [0.05, 0.1) is 5.39 Å². The molecule has 2 N–H and O–H groups in total. The Morgan fingerprint density at radius 2 is 2.11 bits per heavy atom. The van der Waals surface area contributed by atoms with E-state index in [0.29, 0.717) is 5.95 Å². The Hall–Kier alpha value is -1.95. The maximum Gasteiger partial charge on any atom is 0.223 e.